The first-order valence-corrected chi connectivity index (χ1v) is 12.0. The molecule has 1 fully saturated rings. The Bertz CT molecular complexity index is 1420. The number of aromatic nitrogens is 3. The Kier molecular flexibility index (Phi) is 6.73. The van der Waals surface area contributed by atoms with Crippen molar-refractivity contribution in [2.75, 3.05) is 35.7 Å². The Morgan fingerprint density at radius 3 is 2.57 bits per heavy atom. The lowest BCUT2D eigenvalue weighted by Crippen LogP contribution is -2.18. The van der Waals surface area contributed by atoms with Gasteiger partial charge in [0.1, 0.15) is 23.7 Å². The van der Waals surface area contributed by atoms with E-state index in [4.69, 9.17) is 4.74 Å². The van der Waals surface area contributed by atoms with Crippen LogP contribution in [0.25, 0.3) is 10.9 Å². The quantitative estimate of drug-likeness (QED) is 0.303. The molecule has 2 aromatic carbocycles. The Morgan fingerprint density at radius 1 is 1.00 bits per heavy atom. The number of benzene rings is 2. The maximum atomic E-state index is 13.4. The number of fused-ring (bicyclic) bond motifs is 1. The molecule has 1 aliphatic rings. The van der Waals surface area contributed by atoms with Crippen molar-refractivity contribution in [3.05, 3.63) is 71.7 Å². The molecule has 2 N–H and O–H groups in total. The van der Waals surface area contributed by atoms with Crippen molar-refractivity contribution in [2.24, 2.45) is 0 Å². The molecule has 2 aromatic heterocycles. The molecule has 7 nitrogen and oxygen atoms in total. The lowest BCUT2D eigenvalue weighted by atomic mass is 10.1. The van der Waals surface area contributed by atoms with Crippen molar-refractivity contribution in [2.45, 2.75) is 32.5 Å². The Balaban J connectivity index is 1.37. The van der Waals surface area contributed by atoms with Crippen LogP contribution in [0.15, 0.2) is 55.0 Å². The number of alkyl halides is 3. The second kappa shape index (κ2) is 10.1. The van der Waals surface area contributed by atoms with Gasteiger partial charge in [-0.05, 0) is 61.2 Å². The van der Waals surface area contributed by atoms with E-state index in [9.17, 15) is 13.2 Å². The van der Waals surface area contributed by atoms with Gasteiger partial charge in [0.15, 0.2) is 0 Å². The molecule has 37 heavy (non-hydrogen) atoms. The van der Waals surface area contributed by atoms with E-state index in [1.807, 2.05) is 31.2 Å². The van der Waals surface area contributed by atoms with E-state index in [1.165, 1.54) is 19.5 Å². The smallest absolute Gasteiger partial charge is 0.420 e. The summed E-state index contributed by atoms with van der Waals surface area (Å²) < 4.78 is 45.0. The Morgan fingerprint density at radius 2 is 1.81 bits per heavy atom. The second-order valence-corrected chi connectivity index (χ2v) is 9.02. The molecular formula is C27H27F3N6O. The summed E-state index contributed by atoms with van der Waals surface area (Å²) in [6.07, 6.45) is 1.08. The molecule has 0 spiro atoms. The number of hydrogen-bond acceptors (Lipinski definition) is 7. The predicted molar refractivity (Wildman–Crippen MR) is 139 cm³/mol. The number of hydrogen-bond donors (Lipinski definition) is 2. The minimum absolute atomic E-state index is 0.208. The van der Waals surface area contributed by atoms with E-state index in [0.29, 0.717) is 18.1 Å². The van der Waals surface area contributed by atoms with E-state index in [1.54, 1.807) is 12.3 Å². The average molecular weight is 509 g/mol. The van der Waals surface area contributed by atoms with E-state index in [2.05, 4.69) is 30.5 Å². The van der Waals surface area contributed by atoms with Crippen LogP contribution in [0.1, 0.15) is 29.5 Å². The summed E-state index contributed by atoms with van der Waals surface area (Å²) in [5.41, 5.74) is 3.04. The van der Waals surface area contributed by atoms with Gasteiger partial charge in [0, 0.05) is 36.4 Å². The summed E-state index contributed by atoms with van der Waals surface area (Å²) >= 11 is 0. The fraction of sp³-hybridized carbons (Fsp3) is 0.296. The van der Waals surface area contributed by atoms with Crippen LogP contribution in [-0.2, 0) is 12.7 Å². The number of anilines is 4. The van der Waals surface area contributed by atoms with E-state index >= 15 is 0 Å². The fourth-order valence-electron chi connectivity index (χ4n) is 4.45. The summed E-state index contributed by atoms with van der Waals surface area (Å²) in [5.74, 6) is 1.38. The van der Waals surface area contributed by atoms with Crippen molar-refractivity contribution in [3.63, 3.8) is 0 Å². The highest BCUT2D eigenvalue weighted by Crippen LogP contribution is 2.38. The monoisotopic (exact) mass is 508 g/mol. The minimum Gasteiger partial charge on any atom is -0.496 e. The van der Waals surface area contributed by atoms with Gasteiger partial charge in [-0.1, -0.05) is 12.1 Å². The summed E-state index contributed by atoms with van der Waals surface area (Å²) in [6.45, 7) is 4.30. The van der Waals surface area contributed by atoms with Crippen LogP contribution in [0.2, 0.25) is 0 Å². The number of halogens is 3. The molecular weight excluding hydrogens is 481 g/mol. The highest BCUT2D eigenvalue weighted by molar-refractivity contribution is 5.92. The summed E-state index contributed by atoms with van der Waals surface area (Å²) in [6, 6.07) is 11.8. The molecule has 0 aliphatic carbocycles. The molecule has 0 atom stereocenters. The van der Waals surface area contributed by atoms with Crippen molar-refractivity contribution < 1.29 is 17.9 Å². The lowest BCUT2D eigenvalue weighted by Gasteiger charge is -2.18. The van der Waals surface area contributed by atoms with E-state index in [-0.39, 0.29) is 5.75 Å². The van der Waals surface area contributed by atoms with Gasteiger partial charge in [0.2, 0.25) is 0 Å². The van der Waals surface area contributed by atoms with Crippen LogP contribution in [0.3, 0.4) is 0 Å². The molecule has 10 heteroatoms. The molecule has 5 rings (SSSR count). The van der Waals surface area contributed by atoms with Crippen molar-refractivity contribution >= 4 is 33.9 Å². The SMILES string of the molecule is COc1ccc(NCc2ccc(C)c(Nc3ncnc4cnc(N5CCCC5)cc34)c2)cc1C(F)(F)F. The predicted octanol–water partition coefficient (Wildman–Crippen LogP) is 6.32. The largest absolute Gasteiger partial charge is 0.496 e. The van der Waals surface area contributed by atoms with Gasteiger partial charge in [0.05, 0.1) is 24.4 Å². The summed E-state index contributed by atoms with van der Waals surface area (Å²) in [5, 5.41) is 7.38. The Hall–Kier alpha value is -4.08. The number of methoxy groups -OCH3 is 1. The first-order chi connectivity index (χ1) is 17.8. The number of ether oxygens (including phenoxy) is 1. The molecule has 1 aliphatic heterocycles. The molecule has 4 aromatic rings. The van der Waals surface area contributed by atoms with Crippen molar-refractivity contribution in [1.82, 2.24) is 15.0 Å². The highest BCUT2D eigenvalue weighted by Gasteiger charge is 2.34. The summed E-state index contributed by atoms with van der Waals surface area (Å²) in [4.78, 5) is 15.7. The molecule has 0 amide bonds. The topological polar surface area (TPSA) is 75.2 Å². The minimum atomic E-state index is -4.51. The maximum absolute atomic E-state index is 13.4. The van der Waals surface area contributed by atoms with Gasteiger partial charge in [0.25, 0.3) is 0 Å². The van der Waals surface area contributed by atoms with Crippen molar-refractivity contribution in [3.8, 4) is 5.75 Å². The molecule has 0 bridgehead atoms. The average Bonchev–Trinajstić information content (AvgIpc) is 3.43. The van der Waals surface area contributed by atoms with Gasteiger partial charge in [-0.25, -0.2) is 15.0 Å². The van der Waals surface area contributed by atoms with Crippen LogP contribution >= 0.6 is 0 Å². The third-order valence-electron chi connectivity index (χ3n) is 6.49. The number of pyridine rings is 1. The van der Waals surface area contributed by atoms with E-state index < -0.39 is 11.7 Å². The second-order valence-electron chi connectivity index (χ2n) is 9.02. The molecule has 1 saturated heterocycles. The van der Waals surface area contributed by atoms with Crippen molar-refractivity contribution in [1.29, 1.82) is 0 Å². The van der Waals surface area contributed by atoms with Crippen LogP contribution in [0.4, 0.5) is 36.2 Å². The zero-order valence-electron chi connectivity index (χ0n) is 20.6. The normalized spacial score (nSPS) is 13.7. The molecule has 3 heterocycles. The van der Waals surface area contributed by atoms with E-state index in [0.717, 1.165) is 65.5 Å². The van der Waals surface area contributed by atoms with Crippen LogP contribution in [0, 0.1) is 6.92 Å². The first-order valence-electron chi connectivity index (χ1n) is 12.0. The third-order valence-corrected chi connectivity index (χ3v) is 6.49. The fourth-order valence-corrected chi connectivity index (χ4v) is 4.45. The van der Waals surface area contributed by atoms with Gasteiger partial charge in [-0.2, -0.15) is 13.2 Å². The molecule has 0 saturated carbocycles. The number of rotatable bonds is 7. The molecule has 0 unspecified atom stereocenters. The van der Waals surface area contributed by atoms with Crippen LogP contribution in [0.5, 0.6) is 5.75 Å². The van der Waals surface area contributed by atoms with Crippen LogP contribution < -0.4 is 20.3 Å². The van der Waals surface area contributed by atoms with Gasteiger partial charge in [-0.15, -0.1) is 0 Å². The lowest BCUT2D eigenvalue weighted by molar-refractivity contribution is -0.138. The standard InChI is InChI=1S/C27H27F3N6O/c1-17-5-6-18(14-31-19-7-8-24(37-2)21(12-19)27(28,29)30)11-22(17)35-26-20-13-25(36-9-3-4-10-36)32-15-23(20)33-16-34-26/h5-8,11-13,15-16,31H,3-4,9-10,14H2,1-2H3,(H,33,34,35). The van der Waals surface area contributed by atoms with Crippen LogP contribution in [-0.4, -0.2) is 35.2 Å². The van der Waals surface area contributed by atoms with Gasteiger partial charge >= 0.3 is 6.18 Å². The highest BCUT2D eigenvalue weighted by atomic mass is 19.4. The summed E-state index contributed by atoms with van der Waals surface area (Å²) in [7, 11) is 1.23. The molecule has 0 radical (unpaired) electrons. The zero-order chi connectivity index (χ0) is 26.0. The first kappa shape index (κ1) is 24.6. The van der Waals surface area contributed by atoms with Gasteiger partial charge in [-0.3, -0.25) is 0 Å². The molecule has 192 valence electrons. The number of nitrogens with zero attached hydrogens (tertiary/aromatic N) is 4. The zero-order valence-corrected chi connectivity index (χ0v) is 20.6. The number of nitrogens with one attached hydrogen (secondary N) is 2. The van der Waals surface area contributed by atoms with Gasteiger partial charge < -0.3 is 20.3 Å². The number of aryl methyl sites for hydroxylation is 1. The Labute approximate surface area is 212 Å². The maximum Gasteiger partial charge on any atom is 0.420 e. The third kappa shape index (κ3) is 5.37.